The Kier molecular flexibility index (Phi) is 5.98. The Bertz CT molecular complexity index is 706. The van der Waals surface area contributed by atoms with Crippen LogP contribution in [0.4, 0.5) is 0 Å². The third kappa shape index (κ3) is 4.27. The Morgan fingerprint density at radius 2 is 1.92 bits per heavy atom. The van der Waals surface area contributed by atoms with Gasteiger partial charge in [-0.3, -0.25) is 9.69 Å². The quantitative estimate of drug-likeness (QED) is 0.817. The minimum atomic E-state index is -0.182. The minimum absolute atomic E-state index is 0.00635. The molecule has 2 N–H and O–H groups in total. The largest absolute Gasteiger partial charge is 0.369 e. The smallest absolute Gasteiger partial charge is 0.220 e. The van der Waals surface area contributed by atoms with Crippen LogP contribution >= 0.6 is 0 Å². The fourth-order valence-corrected chi connectivity index (χ4v) is 3.81. The second-order valence-electron chi connectivity index (χ2n) is 7.40. The third-order valence-corrected chi connectivity index (χ3v) is 5.24. The van der Waals surface area contributed by atoms with Gasteiger partial charge in [-0.2, -0.15) is 0 Å². The fraction of sp³-hybridized carbons (Fsp3) is 0.579. The van der Waals surface area contributed by atoms with Gasteiger partial charge in [-0.05, 0) is 54.3 Å². The number of aromatic nitrogens is 4. The number of hydrogen-bond acceptors (Lipinski definition) is 5. The predicted octanol–water partition coefficient (Wildman–Crippen LogP) is 1.81. The molecule has 26 heavy (non-hydrogen) atoms. The summed E-state index contributed by atoms with van der Waals surface area (Å²) in [5.74, 6) is 1.10. The van der Waals surface area contributed by atoms with E-state index in [4.69, 9.17) is 5.73 Å². The molecule has 0 spiro atoms. The number of primary amides is 1. The molecule has 7 nitrogen and oxygen atoms in total. The lowest BCUT2D eigenvalue weighted by Gasteiger charge is -2.38. The van der Waals surface area contributed by atoms with E-state index in [-0.39, 0.29) is 17.9 Å². The Morgan fingerprint density at radius 3 is 2.54 bits per heavy atom. The standard InChI is InChI=1S/C19H28N6O/c1-14(2)17(24-11-9-16(10-12-24)18(20)26)19-21-22-23-25(19)13-8-15-6-4-3-5-7-15/h3-7,14,16-17H,8-13H2,1-2H3,(H2,20,26)/t17-/m0/s1. The first-order valence-electron chi connectivity index (χ1n) is 9.39. The molecule has 1 amide bonds. The van der Waals surface area contributed by atoms with Crippen LogP contribution in [-0.2, 0) is 17.8 Å². The van der Waals surface area contributed by atoms with Crippen molar-refractivity contribution in [1.29, 1.82) is 0 Å². The average molecular weight is 356 g/mol. The summed E-state index contributed by atoms with van der Waals surface area (Å²) in [7, 11) is 0. The van der Waals surface area contributed by atoms with Crippen LogP contribution in [0.1, 0.15) is 44.1 Å². The van der Waals surface area contributed by atoms with Gasteiger partial charge >= 0.3 is 0 Å². The molecule has 0 bridgehead atoms. The summed E-state index contributed by atoms with van der Waals surface area (Å²) in [6.07, 6.45) is 2.52. The monoisotopic (exact) mass is 356 g/mol. The van der Waals surface area contributed by atoms with Crippen molar-refractivity contribution in [3.05, 3.63) is 41.7 Å². The minimum Gasteiger partial charge on any atom is -0.369 e. The highest BCUT2D eigenvalue weighted by atomic mass is 16.1. The summed E-state index contributed by atoms with van der Waals surface area (Å²) in [4.78, 5) is 13.8. The molecule has 0 aliphatic carbocycles. The van der Waals surface area contributed by atoms with Gasteiger partial charge in [-0.15, -0.1) is 5.10 Å². The van der Waals surface area contributed by atoms with Crippen LogP contribution in [0.25, 0.3) is 0 Å². The molecule has 3 rings (SSSR count). The number of rotatable bonds is 7. The molecule has 1 aliphatic rings. The molecule has 1 aromatic carbocycles. The zero-order chi connectivity index (χ0) is 18.5. The van der Waals surface area contributed by atoms with E-state index < -0.39 is 0 Å². The van der Waals surface area contributed by atoms with Crippen molar-refractivity contribution in [3.8, 4) is 0 Å². The van der Waals surface area contributed by atoms with Crippen LogP contribution in [0.5, 0.6) is 0 Å². The molecule has 1 aliphatic heterocycles. The first-order valence-corrected chi connectivity index (χ1v) is 9.39. The molecular formula is C19H28N6O. The average Bonchev–Trinajstić information content (AvgIpc) is 3.09. The number of nitrogens with two attached hydrogens (primary N) is 1. The van der Waals surface area contributed by atoms with Crippen molar-refractivity contribution in [1.82, 2.24) is 25.1 Å². The van der Waals surface area contributed by atoms with Crippen molar-refractivity contribution >= 4 is 5.91 Å². The summed E-state index contributed by atoms with van der Waals surface area (Å²) in [5, 5.41) is 12.5. The number of tetrazole rings is 1. The lowest BCUT2D eigenvalue weighted by atomic mass is 9.92. The first kappa shape index (κ1) is 18.5. The number of carbonyl (C=O) groups is 1. The van der Waals surface area contributed by atoms with Crippen molar-refractivity contribution in [2.45, 2.75) is 45.7 Å². The second kappa shape index (κ2) is 8.40. The maximum Gasteiger partial charge on any atom is 0.220 e. The number of aryl methyl sites for hydroxylation is 2. The second-order valence-corrected chi connectivity index (χ2v) is 7.40. The molecule has 1 atom stereocenters. The van der Waals surface area contributed by atoms with Crippen LogP contribution in [0.3, 0.4) is 0 Å². The van der Waals surface area contributed by atoms with Gasteiger partial charge in [-0.25, -0.2) is 4.68 Å². The van der Waals surface area contributed by atoms with E-state index in [0.29, 0.717) is 5.92 Å². The normalized spacial score (nSPS) is 17.5. The van der Waals surface area contributed by atoms with Crippen molar-refractivity contribution in [2.75, 3.05) is 13.1 Å². The maximum atomic E-state index is 11.4. The van der Waals surface area contributed by atoms with E-state index in [2.05, 4.69) is 58.5 Å². The van der Waals surface area contributed by atoms with Crippen LogP contribution < -0.4 is 5.73 Å². The van der Waals surface area contributed by atoms with Crippen molar-refractivity contribution in [2.24, 2.45) is 17.6 Å². The van der Waals surface area contributed by atoms with Crippen molar-refractivity contribution < 1.29 is 4.79 Å². The number of likely N-dealkylation sites (tertiary alicyclic amines) is 1. The molecule has 1 aromatic heterocycles. The summed E-state index contributed by atoms with van der Waals surface area (Å²) in [6, 6.07) is 10.5. The zero-order valence-electron chi connectivity index (χ0n) is 15.6. The van der Waals surface area contributed by atoms with E-state index in [0.717, 1.165) is 44.7 Å². The highest BCUT2D eigenvalue weighted by Crippen LogP contribution is 2.31. The maximum absolute atomic E-state index is 11.4. The fourth-order valence-electron chi connectivity index (χ4n) is 3.81. The number of piperidine rings is 1. The van der Waals surface area contributed by atoms with E-state index in [1.54, 1.807) is 0 Å². The molecule has 140 valence electrons. The molecular weight excluding hydrogens is 328 g/mol. The van der Waals surface area contributed by atoms with Crippen LogP contribution in [0.15, 0.2) is 30.3 Å². The zero-order valence-corrected chi connectivity index (χ0v) is 15.6. The Hall–Kier alpha value is -2.28. The Labute approximate surface area is 154 Å². The summed E-state index contributed by atoms with van der Waals surface area (Å²) >= 11 is 0. The van der Waals surface area contributed by atoms with E-state index in [9.17, 15) is 4.79 Å². The molecule has 2 aromatic rings. The van der Waals surface area contributed by atoms with Gasteiger partial charge in [0.2, 0.25) is 5.91 Å². The number of nitrogens with zero attached hydrogens (tertiary/aromatic N) is 5. The SMILES string of the molecule is CC(C)[C@@H](c1nnnn1CCc1ccccc1)N1CCC(C(N)=O)CC1. The number of hydrogen-bond donors (Lipinski definition) is 1. The van der Waals surface area contributed by atoms with Crippen molar-refractivity contribution in [3.63, 3.8) is 0 Å². The Morgan fingerprint density at radius 1 is 1.23 bits per heavy atom. The van der Waals surface area contributed by atoms with Crippen LogP contribution in [0, 0.1) is 11.8 Å². The summed E-state index contributed by atoms with van der Waals surface area (Å²) < 4.78 is 1.93. The molecule has 0 saturated carbocycles. The van der Waals surface area contributed by atoms with Gasteiger partial charge in [0.05, 0.1) is 6.04 Å². The molecule has 2 heterocycles. The van der Waals surface area contributed by atoms with Gasteiger partial charge in [0, 0.05) is 12.5 Å². The molecule has 1 saturated heterocycles. The van der Waals surface area contributed by atoms with Crippen LogP contribution in [-0.4, -0.2) is 44.1 Å². The summed E-state index contributed by atoms with van der Waals surface area (Å²) in [5.41, 5.74) is 6.74. The van der Waals surface area contributed by atoms with Gasteiger partial charge in [-0.1, -0.05) is 44.2 Å². The lowest BCUT2D eigenvalue weighted by Crippen LogP contribution is -2.42. The number of benzene rings is 1. The number of amides is 1. The molecule has 0 radical (unpaired) electrons. The topological polar surface area (TPSA) is 89.9 Å². The number of carbonyl (C=O) groups excluding carboxylic acids is 1. The van der Waals surface area contributed by atoms with E-state index in [1.165, 1.54) is 5.56 Å². The van der Waals surface area contributed by atoms with Gasteiger partial charge in [0.15, 0.2) is 5.82 Å². The lowest BCUT2D eigenvalue weighted by molar-refractivity contribution is -0.123. The van der Waals surface area contributed by atoms with Crippen LogP contribution in [0.2, 0.25) is 0 Å². The first-order chi connectivity index (χ1) is 12.6. The summed E-state index contributed by atoms with van der Waals surface area (Å²) in [6.45, 7) is 6.85. The highest BCUT2D eigenvalue weighted by molar-refractivity contribution is 5.76. The van der Waals surface area contributed by atoms with E-state index in [1.807, 2.05) is 10.7 Å². The Balaban J connectivity index is 1.71. The third-order valence-electron chi connectivity index (χ3n) is 5.24. The molecule has 1 fully saturated rings. The van der Waals surface area contributed by atoms with Gasteiger partial charge in [0.25, 0.3) is 0 Å². The van der Waals surface area contributed by atoms with Gasteiger partial charge in [0.1, 0.15) is 0 Å². The molecule has 0 unspecified atom stereocenters. The van der Waals surface area contributed by atoms with E-state index >= 15 is 0 Å². The predicted molar refractivity (Wildman–Crippen MR) is 99.0 cm³/mol. The van der Waals surface area contributed by atoms with Gasteiger partial charge < -0.3 is 5.73 Å². The highest BCUT2D eigenvalue weighted by Gasteiger charge is 2.33. The molecule has 7 heteroatoms.